The van der Waals surface area contributed by atoms with Crippen LogP contribution in [0.3, 0.4) is 0 Å². The predicted molar refractivity (Wildman–Crippen MR) is 86.9 cm³/mol. The normalized spacial score (nSPS) is 11.7. The molecular formula is C11H15N3O2S4. The van der Waals surface area contributed by atoms with Crippen molar-refractivity contribution in [3.8, 4) is 0 Å². The maximum Gasteiger partial charge on any atom is 0.206 e. The second kappa shape index (κ2) is 7.39. The predicted octanol–water partition coefficient (Wildman–Crippen LogP) is 2.39. The molecule has 0 aliphatic carbocycles. The zero-order valence-electron chi connectivity index (χ0n) is 10.9. The molecule has 2 heterocycles. The molecule has 0 saturated heterocycles. The van der Waals surface area contributed by atoms with Crippen molar-refractivity contribution >= 4 is 49.4 Å². The molecule has 2 rings (SSSR count). The van der Waals surface area contributed by atoms with Crippen LogP contribution >= 0.6 is 34.4 Å². The number of thioether (sulfide) groups is 1. The molecule has 0 saturated carbocycles. The first-order valence-corrected chi connectivity index (χ1v) is 10.7. The number of nitrogens with one attached hydrogen (secondary N) is 1. The Balaban J connectivity index is 1.71. The lowest BCUT2D eigenvalue weighted by Gasteiger charge is -1.99. The standard InChI is InChI=1S/C11H15N3O2S4/c1-20(15,16)8-7-18-11-14-13-10(19-11)12-5-4-9-3-2-6-17-9/h2-3,6H,4-5,7-8H2,1H3,(H,12,13). The van der Waals surface area contributed by atoms with E-state index in [1.807, 2.05) is 6.07 Å². The number of nitrogens with zero attached hydrogens (tertiary/aromatic N) is 2. The van der Waals surface area contributed by atoms with Crippen LogP contribution < -0.4 is 5.32 Å². The van der Waals surface area contributed by atoms with E-state index in [1.54, 1.807) is 11.3 Å². The van der Waals surface area contributed by atoms with Gasteiger partial charge in [0.25, 0.3) is 0 Å². The largest absolute Gasteiger partial charge is 0.360 e. The van der Waals surface area contributed by atoms with Crippen LogP contribution in [0.1, 0.15) is 4.88 Å². The monoisotopic (exact) mass is 349 g/mol. The highest BCUT2D eigenvalue weighted by atomic mass is 32.2. The Kier molecular flexibility index (Phi) is 5.82. The molecule has 2 aromatic heterocycles. The molecule has 0 unspecified atom stereocenters. The molecule has 9 heteroatoms. The van der Waals surface area contributed by atoms with Gasteiger partial charge < -0.3 is 5.32 Å². The highest BCUT2D eigenvalue weighted by molar-refractivity contribution is 8.02. The smallest absolute Gasteiger partial charge is 0.206 e. The van der Waals surface area contributed by atoms with E-state index in [9.17, 15) is 8.42 Å². The fourth-order valence-electron chi connectivity index (χ4n) is 1.37. The summed E-state index contributed by atoms with van der Waals surface area (Å²) in [5.41, 5.74) is 0. The zero-order chi connectivity index (χ0) is 14.4. The van der Waals surface area contributed by atoms with E-state index in [2.05, 4.69) is 27.0 Å². The van der Waals surface area contributed by atoms with Crippen molar-refractivity contribution in [1.29, 1.82) is 0 Å². The lowest BCUT2D eigenvalue weighted by Crippen LogP contribution is -2.04. The average Bonchev–Trinajstić information content (AvgIpc) is 2.99. The van der Waals surface area contributed by atoms with Gasteiger partial charge in [-0.3, -0.25) is 0 Å². The summed E-state index contributed by atoms with van der Waals surface area (Å²) < 4.78 is 22.8. The van der Waals surface area contributed by atoms with Crippen LogP contribution in [0.15, 0.2) is 21.9 Å². The third-order valence-corrected chi connectivity index (χ3v) is 6.47. The maximum atomic E-state index is 11.0. The number of anilines is 1. The van der Waals surface area contributed by atoms with Crippen molar-refractivity contribution < 1.29 is 8.42 Å². The van der Waals surface area contributed by atoms with E-state index in [-0.39, 0.29) is 5.75 Å². The Morgan fingerprint density at radius 1 is 1.40 bits per heavy atom. The summed E-state index contributed by atoms with van der Waals surface area (Å²) in [6.45, 7) is 0.823. The number of thiophene rings is 1. The van der Waals surface area contributed by atoms with E-state index in [4.69, 9.17) is 0 Å². The van der Waals surface area contributed by atoms with Crippen LogP contribution in [0.5, 0.6) is 0 Å². The van der Waals surface area contributed by atoms with Crippen LogP contribution in [-0.4, -0.2) is 42.9 Å². The number of sulfone groups is 1. The van der Waals surface area contributed by atoms with Gasteiger partial charge in [0.2, 0.25) is 5.13 Å². The van der Waals surface area contributed by atoms with Gasteiger partial charge in [-0.15, -0.1) is 21.5 Å². The fraction of sp³-hybridized carbons (Fsp3) is 0.455. The molecule has 0 radical (unpaired) electrons. The molecule has 0 aromatic carbocycles. The highest BCUT2D eigenvalue weighted by Crippen LogP contribution is 2.25. The van der Waals surface area contributed by atoms with Crippen LogP contribution in [0, 0.1) is 0 Å². The number of rotatable bonds is 8. The molecule has 0 atom stereocenters. The molecule has 110 valence electrons. The lowest BCUT2D eigenvalue weighted by molar-refractivity contribution is 0.603. The minimum Gasteiger partial charge on any atom is -0.360 e. The minimum absolute atomic E-state index is 0.165. The van der Waals surface area contributed by atoms with Gasteiger partial charge in [-0.25, -0.2) is 8.42 Å². The number of hydrogen-bond acceptors (Lipinski definition) is 8. The van der Waals surface area contributed by atoms with Crippen molar-refractivity contribution in [2.75, 3.05) is 29.6 Å². The Morgan fingerprint density at radius 2 is 2.25 bits per heavy atom. The molecule has 20 heavy (non-hydrogen) atoms. The molecule has 1 N–H and O–H groups in total. The zero-order valence-corrected chi connectivity index (χ0v) is 14.2. The van der Waals surface area contributed by atoms with Crippen LogP contribution in [-0.2, 0) is 16.3 Å². The van der Waals surface area contributed by atoms with Crippen molar-refractivity contribution in [2.24, 2.45) is 0 Å². The second-order valence-electron chi connectivity index (χ2n) is 4.11. The fourth-order valence-corrected chi connectivity index (χ4v) is 5.12. The van der Waals surface area contributed by atoms with Crippen LogP contribution in [0.25, 0.3) is 0 Å². The van der Waals surface area contributed by atoms with Crippen molar-refractivity contribution in [2.45, 2.75) is 10.8 Å². The third-order valence-electron chi connectivity index (χ3n) is 2.31. The van der Waals surface area contributed by atoms with Gasteiger partial charge in [0.05, 0.1) is 5.75 Å². The summed E-state index contributed by atoms with van der Waals surface area (Å²) in [5, 5.41) is 14.1. The first-order chi connectivity index (χ1) is 9.53. The minimum atomic E-state index is -2.91. The van der Waals surface area contributed by atoms with Gasteiger partial charge >= 0.3 is 0 Å². The Morgan fingerprint density at radius 3 is 2.95 bits per heavy atom. The van der Waals surface area contributed by atoms with Crippen molar-refractivity contribution in [1.82, 2.24) is 10.2 Å². The molecule has 2 aromatic rings. The Bertz CT molecular complexity index is 622. The molecule has 0 aliphatic rings. The molecule has 0 aliphatic heterocycles. The van der Waals surface area contributed by atoms with E-state index in [0.29, 0.717) is 5.75 Å². The van der Waals surface area contributed by atoms with E-state index >= 15 is 0 Å². The van der Waals surface area contributed by atoms with Gasteiger partial charge in [0.1, 0.15) is 9.84 Å². The second-order valence-corrected chi connectivity index (χ2v) is 9.72. The number of hydrogen-bond donors (Lipinski definition) is 1. The molecule has 5 nitrogen and oxygen atoms in total. The summed E-state index contributed by atoms with van der Waals surface area (Å²) in [6, 6.07) is 4.15. The quantitative estimate of drug-likeness (QED) is 0.738. The topological polar surface area (TPSA) is 72.0 Å². The summed E-state index contributed by atoms with van der Waals surface area (Å²) in [6.07, 6.45) is 2.21. The van der Waals surface area contributed by atoms with Gasteiger partial charge in [-0.2, -0.15) is 0 Å². The van der Waals surface area contributed by atoms with Crippen molar-refractivity contribution in [3.05, 3.63) is 22.4 Å². The Labute approximate surface area is 130 Å². The average molecular weight is 350 g/mol. The van der Waals surface area contributed by atoms with Crippen molar-refractivity contribution in [3.63, 3.8) is 0 Å². The lowest BCUT2D eigenvalue weighted by atomic mass is 10.3. The van der Waals surface area contributed by atoms with Gasteiger partial charge in [0.15, 0.2) is 4.34 Å². The summed E-state index contributed by atoms with van der Waals surface area (Å²) in [7, 11) is -2.91. The van der Waals surface area contributed by atoms with Gasteiger partial charge in [-0.05, 0) is 17.9 Å². The van der Waals surface area contributed by atoms with E-state index in [0.717, 1.165) is 22.4 Å². The van der Waals surface area contributed by atoms with Crippen LogP contribution in [0.4, 0.5) is 5.13 Å². The summed E-state index contributed by atoms with van der Waals surface area (Å²) in [5.74, 6) is 0.682. The number of aromatic nitrogens is 2. The van der Waals surface area contributed by atoms with Gasteiger partial charge in [-0.1, -0.05) is 29.2 Å². The van der Waals surface area contributed by atoms with E-state index < -0.39 is 9.84 Å². The molecule has 0 spiro atoms. The first-order valence-electron chi connectivity index (χ1n) is 5.93. The van der Waals surface area contributed by atoms with E-state index in [1.165, 1.54) is 34.2 Å². The maximum absolute atomic E-state index is 11.0. The SMILES string of the molecule is CS(=O)(=O)CCSc1nnc(NCCc2cccs2)s1. The summed E-state index contributed by atoms with van der Waals surface area (Å²) >= 11 is 4.63. The molecule has 0 fully saturated rings. The molecular weight excluding hydrogens is 334 g/mol. The van der Waals surface area contributed by atoms with Crippen LogP contribution in [0.2, 0.25) is 0 Å². The van der Waals surface area contributed by atoms with Gasteiger partial charge in [0, 0.05) is 23.4 Å². The first kappa shape index (κ1) is 15.7. The highest BCUT2D eigenvalue weighted by Gasteiger charge is 2.07. The molecule has 0 amide bonds. The molecule has 0 bridgehead atoms. The third kappa shape index (κ3) is 5.78. The summed E-state index contributed by atoms with van der Waals surface area (Å²) in [4.78, 5) is 1.34. The Hall–Kier alpha value is -0.640.